The fraction of sp³-hybridized carbons (Fsp3) is 1.00. The van der Waals surface area contributed by atoms with Gasteiger partial charge in [0.2, 0.25) is 10.0 Å². The Bertz CT molecular complexity index is 290. The van der Waals surface area contributed by atoms with Crippen molar-refractivity contribution in [2.24, 2.45) is 5.92 Å². The first-order chi connectivity index (χ1) is 7.18. The van der Waals surface area contributed by atoms with E-state index in [4.69, 9.17) is 4.84 Å². The third-order valence-corrected chi connectivity index (χ3v) is 5.00. The molecule has 0 unspecified atom stereocenters. The summed E-state index contributed by atoms with van der Waals surface area (Å²) in [6, 6.07) is 0. The second kappa shape index (κ2) is 4.80. The summed E-state index contributed by atoms with van der Waals surface area (Å²) in [6.07, 6.45) is 6.57. The molecule has 0 aromatic rings. The molecule has 0 amide bonds. The average Bonchev–Trinajstić information content (AvgIpc) is 2.71. The van der Waals surface area contributed by atoms with Gasteiger partial charge in [-0.3, -0.25) is 4.84 Å². The van der Waals surface area contributed by atoms with Crippen LogP contribution in [0.3, 0.4) is 0 Å². The number of hydrogen-bond acceptors (Lipinski definition) is 3. The van der Waals surface area contributed by atoms with Gasteiger partial charge in [0, 0.05) is 6.54 Å². The van der Waals surface area contributed by atoms with Crippen molar-refractivity contribution in [2.45, 2.75) is 38.5 Å². The lowest BCUT2D eigenvalue weighted by Gasteiger charge is -2.23. The van der Waals surface area contributed by atoms with Crippen LogP contribution in [0, 0.1) is 5.92 Å². The van der Waals surface area contributed by atoms with Gasteiger partial charge in [0.15, 0.2) is 0 Å². The molecule has 0 spiro atoms. The number of nitrogens with zero attached hydrogens (tertiary/aromatic N) is 1. The van der Waals surface area contributed by atoms with Crippen LogP contribution < -0.4 is 0 Å². The van der Waals surface area contributed by atoms with Crippen LogP contribution in [-0.4, -0.2) is 31.8 Å². The van der Waals surface area contributed by atoms with Crippen molar-refractivity contribution < 1.29 is 13.3 Å². The zero-order valence-corrected chi connectivity index (χ0v) is 9.84. The Morgan fingerprint density at radius 1 is 1.13 bits per heavy atom. The maximum absolute atomic E-state index is 11.9. The predicted molar refractivity (Wildman–Crippen MR) is 57.6 cm³/mol. The van der Waals surface area contributed by atoms with Crippen LogP contribution in [0.1, 0.15) is 38.5 Å². The molecule has 88 valence electrons. The molecule has 0 N–H and O–H groups in total. The number of sulfonamides is 1. The molecule has 0 atom stereocenters. The summed E-state index contributed by atoms with van der Waals surface area (Å²) in [5.41, 5.74) is 0. The van der Waals surface area contributed by atoms with Crippen LogP contribution in [0.15, 0.2) is 0 Å². The molecule has 15 heavy (non-hydrogen) atoms. The Kier molecular flexibility index (Phi) is 3.64. The smallest absolute Gasteiger partial charge is 0.236 e. The first-order valence-electron chi connectivity index (χ1n) is 5.82. The van der Waals surface area contributed by atoms with E-state index in [1.165, 1.54) is 23.7 Å². The van der Waals surface area contributed by atoms with E-state index < -0.39 is 10.0 Å². The molecular weight excluding hydrogens is 214 g/mol. The molecule has 1 aliphatic carbocycles. The largest absolute Gasteiger partial charge is 0.284 e. The van der Waals surface area contributed by atoms with Crippen molar-refractivity contribution in [1.82, 2.24) is 4.47 Å². The molecule has 1 heterocycles. The van der Waals surface area contributed by atoms with Gasteiger partial charge in [-0.1, -0.05) is 23.7 Å². The van der Waals surface area contributed by atoms with Gasteiger partial charge in [0.25, 0.3) is 0 Å². The highest BCUT2D eigenvalue weighted by atomic mass is 32.2. The lowest BCUT2D eigenvalue weighted by molar-refractivity contribution is -0.0288. The average molecular weight is 233 g/mol. The Morgan fingerprint density at radius 3 is 2.47 bits per heavy atom. The lowest BCUT2D eigenvalue weighted by atomic mass is 9.91. The van der Waals surface area contributed by atoms with Crippen LogP contribution in [0.2, 0.25) is 0 Å². The van der Waals surface area contributed by atoms with Gasteiger partial charge in [-0.2, -0.15) is 0 Å². The topological polar surface area (TPSA) is 46.6 Å². The van der Waals surface area contributed by atoms with Gasteiger partial charge in [0.1, 0.15) is 0 Å². The van der Waals surface area contributed by atoms with E-state index in [1.54, 1.807) is 0 Å². The summed E-state index contributed by atoms with van der Waals surface area (Å²) in [5.74, 6) is 0.639. The maximum Gasteiger partial charge on any atom is 0.236 e. The van der Waals surface area contributed by atoms with Crippen LogP contribution in [-0.2, 0) is 14.9 Å². The Morgan fingerprint density at radius 2 is 1.87 bits per heavy atom. The van der Waals surface area contributed by atoms with E-state index in [0.29, 0.717) is 19.1 Å². The van der Waals surface area contributed by atoms with Crippen molar-refractivity contribution in [3.8, 4) is 0 Å². The summed E-state index contributed by atoms with van der Waals surface area (Å²) in [4.78, 5) is 5.10. The standard InChI is InChI=1S/C10H19NO3S/c12-15(13,11-7-4-8-14-11)9-10-5-2-1-3-6-10/h10H,1-9H2. The number of hydrogen-bond donors (Lipinski definition) is 0. The second-order valence-electron chi connectivity index (χ2n) is 4.50. The molecule has 2 fully saturated rings. The van der Waals surface area contributed by atoms with Gasteiger partial charge in [-0.25, -0.2) is 8.42 Å². The third-order valence-electron chi connectivity index (χ3n) is 3.20. The molecule has 4 nitrogen and oxygen atoms in total. The molecule has 5 heteroatoms. The molecule has 0 aromatic carbocycles. The maximum atomic E-state index is 11.9. The zero-order valence-electron chi connectivity index (χ0n) is 9.02. The quantitative estimate of drug-likeness (QED) is 0.742. The van der Waals surface area contributed by atoms with Crippen molar-refractivity contribution in [3.05, 3.63) is 0 Å². The van der Waals surface area contributed by atoms with Gasteiger partial charge >= 0.3 is 0 Å². The fourth-order valence-corrected chi connectivity index (χ4v) is 4.12. The first-order valence-corrected chi connectivity index (χ1v) is 7.43. The Hall–Kier alpha value is -0.130. The highest BCUT2D eigenvalue weighted by molar-refractivity contribution is 7.88. The van der Waals surface area contributed by atoms with E-state index >= 15 is 0 Å². The number of rotatable bonds is 3. The molecule has 2 rings (SSSR count). The minimum atomic E-state index is -3.15. The zero-order chi connectivity index (χ0) is 10.7. The molecule has 2 aliphatic rings. The van der Waals surface area contributed by atoms with Crippen molar-refractivity contribution in [1.29, 1.82) is 0 Å². The Labute approximate surface area is 91.6 Å². The summed E-state index contributed by atoms with van der Waals surface area (Å²) in [7, 11) is -3.15. The Balaban J connectivity index is 1.90. The molecule has 0 bridgehead atoms. The van der Waals surface area contributed by atoms with Gasteiger partial charge in [-0.15, -0.1) is 0 Å². The molecule has 1 saturated carbocycles. The summed E-state index contributed by atoms with van der Waals surface area (Å²) in [5, 5.41) is 0. The van der Waals surface area contributed by atoms with Gasteiger partial charge in [-0.05, 0) is 25.2 Å². The summed E-state index contributed by atoms with van der Waals surface area (Å²) in [6.45, 7) is 1.08. The van der Waals surface area contributed by atoms with E-state index in [1.807, 2.05) is 0 Å². The highest BCUT2D eigenvalue weighted by Gasteiger charge is 2.30. The predicted octanol–water partition coefficient (Wildman–Crippen LogP) is 1.53. The van der Waals surface area contributed by atoms with Crippen molar-refractivity contribution >= 4 is 10.0 Å². The second-order valence-corrected chi connectivity index (χ2v) is 6.40. The minimum absolute atomic E-state index is 0.285. The van der Waals surface area contributed by atoms with Crippen LogP contribution in [0.25, 0.3) is 0 Å². The monoisotopic (exact) mass is 233 g/mol. The van der Waals surface area contributed by atoms with Crippen LogP contribution >= 0.6 is 0 Å². The van der Waals surface area contributed by atoms with Gasteiger partial charge < -0.3 is 0 Å². The molecule has 0 radical (unpaired) electrons. The third kappa shape index (κ3) is 2.92. The number of hydroxylamine groups is 1. The van der Waals surface area contributed by atoms with Gasteiger partial charge in [0.05, 0.1) is 12.4 Å². The summed E-state index contributed by atoms with van der Waals surface area (Å²) >= 11 is 0. The summed E-state index contributed by atoms with van der Waals surface area (Å²) < 4.78 is 25.0. The minimum Gasteiger partial charge on any atom is -0.284 e. The van der Waals surface area contributed by atoms with Crippen LogP contribution in [0.5, 0.6) is 0 Å². The molecule has 1 aliphatic heterocycles. The molecule has 1 saturated heterocycles. The van der Waals surface area contributed by atoms with E-state index in [9.17, 15) is 8.42 Å². The fourth-order valence-electron chi connectivity index (χ4n) is 2.38. The van der Waals surface area contributed by atoms with Crippen LogP contribution in [0.4, 0.5) is 0 Å². The first kappa shape index (κ1) is 11.4. The lowest BCUT2D eigenvalue weighted by Crippen LogP contribution is -2.32. The van der Waals surface area contributed by atoms with E-state index in [2.05, 4.69) is 0 Å². The van der Waals surface area contributed by atoms with Crippen molar-refractivity contribution in [3.63, 3.8) is 0 Å². The molecule has 0 aromatic heterocycles. The SMILES string of the molecule is O=S(=O)(CC1CCCCC1)N1CCCO1. The van der Waals surface area contributed by atoms with E-state index in [-0.39, 0.29) is 5.75 Å². The highest BCUT2D eigenvalue weighted by Crippen LogP contribution is 2.26. The van der Waals surface area contributed by atoms with E-state index in [0.717, 1.165) is 19.3 Å². The normalized spacial score (nSPS) is 25.9. The molecular formula is C10H19NO3S. The van der Waals surface area contributed by atoms with Crippen molar-refractivity contribution in [2.75, 3.05) is 18.9 Å².